The summed E-state index contributed by atoms with van der Waals surface area (Å²) in [5.41, 5.74) is 0. The molecule has 0 aliphatic carbocycles. The summed E-state index contributed by atoms with van der Waals surface area (Å²) in [5, 5.41) is 3.51. The molecule has 0 bridgehead atoms. The smallest absolute Gasteiger partial charge is 0.0109 e. The quantitative estimate of drug-likeness (QED) is 0.692. The van der Waals surface area contributed by atoms with Crippen molar-refractivity contribution < 1.29 is 0 Å². The third-order valence-electron chi connectivity index (χ3n) is 3.65. The van der Waals surface area contributed by atoms with E-state index in [9.17, 15) is 0 Å². The van der Waals surface area contributed by atoms with Crippen LogP contribution in [0.3, 0.4) is 0 Å². The van der Waals surface area contributed by atoms with Gasteiger partial charge < -0.3 is 15.1 Å². The van der Waals surface area contributed by atoms with Crippen LogP contribution in [0.25, 0.3) is 0 Å². The summed E-state index contributed by atoms with van der Waals surface area (Å²) in [4.78, 5) is 4.91. The first-order valence-corrected chi connectivity index (χ1v) is 5.83. The predicted molar refractivity (Wildman–Crippen MR) is 59.5 cm³/mol. The van der Waals surface area contributed by atoms with E-state index in [1.54, 1.807) is 0 Å². The fraction of sp³-hybridized carbons (Fsp3) is 1.00. The van der Waals surface area contributed by atoms with Gasteiger partial charge in [-0.15, -0.1) is 0 Å². The number of piperidine rings is 1. The highest BCUT2D eigenvalue weighted by Gasteiger charge is 2.32. The average molecular weight is 197 g/mol. The molecule has 2 aliphatic rings. The molecular weight excluding hydrogens is 174 g/mol. The Morgan fingerprint density at radius 2 is 2.07 bits per heavy atom. The van der Waals surface area contributed by atoms with E-state index in [0.717, 1.165) is 11.8 Å². The molecule has 1 N–H and O–H groups in total. The zero-order valence-electron chi connectivity index (χ0n) is 9.50. The van der Waals surface area contributed by atoms with Gasteiger partial charge in [0.05, 0.1) is 0 Å². The first kappa shape index (κ1) is 10.4. The number of hydrogen-bond acceptors (Lipinski definition) is 3. The first-order valence-electron chi connectivity index (χ1n) is 5.83. The van der Waals surface area contributed by atoms with E-state index in [0.29, 0.717) is 0 Å². The molecule has 14 heavy (non-hydrogen) atoms. The standard InChI is InChI=1S/C11H23N3/c1-13(2)5-6-14-4-3-10-7-12-8-11(10)9-14/h10-12H,3-9H2,1-2H3. The van der Waals surface area contributed by atoms with E-state index in [-0.39, 0.29) is 0 Å². The van der Waals surface area contributed by atoms with Crippen molar-refractivity contribution in [1.82, 2.24) is 15.1 Å². The lowest BCUT2D eigenvalue weighted by Crippen LogP contribution is -2.42. The topological polar surface area (TPSA) is 18.5 Å². The maximum Gasteiger partial charge on any atom is 0.0109 e. The van der Waals surface area contributed by atoms with Crippen LogP contribution in [0, 0.1) is 11.8 Å². The number of likely N-dealkylation sites (N-methyl/N-ethyl adjacent to an activating group) is 1. The molecule has 3 heteroatoms. The Kier molecular flexibility index (Phi) is 3.42. The maximum atomic E-state index is 3.51. The maximum absolute atomic E-state index is 3.51. The number of fused-ring (bicyclic) bond motifs is 1. The number of nitrogens with one attached hydrogen (secondary N) is 1. The molecule has 82 valence electrons. The van der Waals surface area contributed by atoms with Gasteiger partial charge in [0.1, 0.15) is 0 Å². The van der Waals surface area contributed by atoms with Crippen molar-refractivity contribution in [2.24, 2.45) is 11.8 Å². The summed E-state index contributed by atoms with van der Waals surface area (Å²) in [6.07, 6.45) is 1.41. The summed E-state index contributed by atoms with van der Waals surface area (Å²) in [5.74, 6) is 1.91. The minimum atomic E-state index is 0.936. The molecule has 0 spiro atoms. The minimum absolute atomic E-state index is 0.936. The third-order valence-corrected chi connectivity index (χ3v) is 3.65. The molecule has 2 heterocycles. The molecule has 2 rings (SSSR count). The van der Waals surface area contributed by atoms with Crippen LogP contribution in [0.5, 0.6) is 0 Å². The van der Waals surface area contributed by atoms with Crippen molar-refractivity contribution in [1.29, 1.82) is 0 Å². The second kappa shape index (κ2) is 4.60. The molecule has 0 aromatic carbocycles. The highest BCUT2D eigenvalue weighted by Crippen LogP contribution is 2.25. The van der Waals surface area contributed by atoms with Gasteiger partial charge in [-0.1, -0.05) is 0 Å². The normalized spacial score (nSPS) is 33.6. The zero-order valence-corrected chi connectivity index (χ0v) is 9.50. The van der Waals surface area contributed by atoms with Gasteiger partial charge in [0.15, 0.2) is 0 Å². The van der Waals surface area contributed by atoms with Gasteiger partial charge in [-0.25, -0.2) is 0 Å². The Balaban J connectivity index is 1.74. The molecule has 2 saturated heterocycles. The number of hydrogen-bond donors (Lipinski definition) is 1. The summed E-state index contributed by atoms with van der Waals surface area (Å²) in [6.45, 7) is 7.61. The van der Waals surface area contributed by atoms with Gasteiger partial charge in [0, 0.05) is 19.6 Å². The Bertz CT molecular complexity index is 181. The lowest BCUT2D eigenvalue weighted by atomic mass is 9.89. The Hall–Kier alpha value is -0.120. The van der Waals surface area contributed by atoms with Crippen molar-refractivity contribution in [3.63, 3.8) is 0 Å². The number of rotatable bonds is 3. The van der Waals surface area contributed by atoms with Gasteiger partial charge in [0.25, 0.3) is 0 Å². The molecule has 2 atom stereocenters. The molecule has 0 aromatic rings. The second-order valence-corrected chi connectivity index (χ2v) is 5.07. The molecule has 3 nitrogen and oxygen atoms in total. The van der Waals surface area contributed by atoms with E-state index in [2.05, 4.69) is 29.2 Å². The van der Waals surface area contributed by atoms with Crippen LogP contribution in [0.15, 0.2) is 0 Å². The average Bonchev–Trinajstić information content (AvgIpc) is 2.61. The number of likely N-dealkylation sites (tertiary alicyclic amines) is 1. The summed E-state index contributed by atoms with van der Waals surface area (Å²) >= 11 is 0. The van der Waals surface area contributed by atoms with Crippen LogP contribution in [-0.4, -0.2) is 63.2 Å². The van der Waals surface area contributed by atoms with E-state index in [4.69, 9.17) is 0 Å². The fourth-order valence-corrected chi connectivity index (χ4v) is 2.65. The first-order chi connectivity index (χ1) is 6.75. The minimum Gasteiger partial charge on any atom is -0.316 e. The van der Waals surface area contributed by atoms with Crippen molar-refractivity contribution >= 4 is 0 Å². The van der Waals surface area contributed by atoms with Gasteiger partial charge in [0.2, 0.25) is 0 Å². The monoisotopic (exact) mass is 197 g/mol. The largest absolute Gasteiger partial charge is 0.316 e. The number of nitrogens with zero attached hydrogens (tertiary/aromatic N) is 2. The highest BCUT2D eigenvalue weighted by molar-refractivity contribution is 4.87. The summed E-state index contributed by atoms with van der Waals surface area (Å²) < 4.78 is 0. The van der Waals surface area contributed by atoms with Crippen molar-refractivity contribution in [3.8, 4) is 0 Å². The van der Waals surface area contributed by atoms with Crippen LogP contribution >= 0.6 is 0 Å². The molecule has 2 fully saturated rings. The lowest BCUT2D eigenvalue weighted by molar-refractivity contribution is 0.139. The molecule has 0 aromatic heterocycles. The van der Waals surface area contributed by atoms with Crippen LogP contribution < -0.4 is 5.32 Å². The lowest BCUT2D eigenvalue weighted by Gasteiger charge is -2.34. The summed E-state index contributed by atoms with van der Waals surface area (Å²) in [7, 11) is 4.31. The van der Waals surface area contributed by atoms with Crippen LogP contribution in [0.2, 0.25) is 0 Å². The van der Waals surface area contributed by atoms with Gasteiger partial charge in [-0.2, -0.15) is 0 Å². The molecule has 0 saturated carbocycles. The van der Waals surface area contributed by atoms with Gasteiger partial charge in [-0.3, -0.25) is 0 Å². The third kappa shape index (κ3) is 2.47. The van der Waals surface area contributed by atoms with E-state index in [1.807, 2.05) is 0 Å². The SMILES string of the molecule is CN(C)CCN1CCC2CNCC2C1. The molecule has 2 unspecified atom stereocenters. The van der Waals surface area contributed by atoms with E-state index >= 15 is 0 Å². The van der Waals surface area contributed by atoms with E-state index < -0.39 is 0 Å². The Morgan fingerprint density at radius 3 is 2.86 bits per heavy atom. The van der Waals surface area contributed by atoms with Crippen molar-refractivity contribution in [2.45, 2.75) is 6.42 Å². The zero-order chi connectivity index (χ0) is 9.97. The fourth-order valence-electron chi connectivity index (χ4n) is 2.65. The van der Waals surface area contributed by atoms with Crippen LogP contribution in [-0.2, 0) is 0 Å². The predicted octanol–water partition coefficient (Wildman–Crippen LogP) is 0.0893. The van der Waals surface area contributed by atoms with Gasteiger partial charge >= 0.3 is 0 Å². The van der Waals surface area contributed by atoms with E-state index in [1.165, 1.54) is 45.7 Å². The van der Waals surface area contributed by atoms with Gasteiger partial charge in [-0.05, 0) is 52.0 Å². The summed E-state index contributed by atoms with van der Waals surface area (Å²) in [6, 6.07) is 0. The van der Waals surface area contributed by atoms with Crippen LogP contribution in [0.4, 0.5) is 0 Å². The van der Waals surface area contributed by atoms with Crippen LogP contribution in [0.1, 0.15) is 6.42 Å². The van der Waals surface area contributed by atoms with Crippen molar-refractivity contribution in [3.05, 3.63) is 0 Å². The van der Waals surface area contributed by atoms with Crippen molar-refractivity contribution in [2.75, 3.05) is 53.4 Å². The molecule has 2 aliphatic heterocycles. The molecule has 0 amide bonds. The second-order valence-electron chi connectivity index (χ2n) is 5.07. The highest BCUT2D eigenvalue weighted by atomic mass is 15.2. The molecular formula is C11H23N3. The Morgan fingerprint density at radius 1 is 1.29 bits per heavy atom. The Labute approximate surface area is 87.4 Å². The molecule has 0 radical (unpaired) electrons.